The van der Waals surface area contributed by atoms with E-state index in [1.54, 1.807) is 29.4 Å². The highest BCUT2D eigenvalue weighted by Gasteiger charge is 2.46. The molecule has 1 aromatic carbocycles. The third-order valence-corrected chi connectivity index (χ3v) is 6.48. The van der Waals surface area contributed by atoms with Gasteiger partial charge in [-0.25, -0.2) is 0 Å². The average Bonchev–Trinajstić information content (AvgIpc) is 3.32. The first-order chi connectivity index (χ1) is 15.9. The Kier molecular flexibility index (Phi) is 6.79. The van der Waals surface area contributed by atoms with Crippen LogP contribution in [-0.4, -0.2) is 63.9 Å². The molecule has 2 atom stereocenters. The van der Waals surface area contributed by atoms with E-state index in [0.29, 0.717) is 17.7 Å². The summed E-state index contributed by atoms with van der Waals surface area (Å²) in [6, 6.07) is 8.35. The van der Waals surface area contributed by atoms with Crippen molar-refractivity contribution in [3.05, 3.63) is 65.0 Å². The molecule has 4 rings (SSSR count). The number of pyridine rings is 1. The Morgan fingerprint density at radius 1 is 1.24 bits per heavy atom. The number of aromatic nitrogens is 1. The summed E-state index contributed by atoms with van der Waals surface area (Å²) in [5.74, 6) is -0.604. The molecule has 2 aliphatic heterocycles. The van der Waals surface area contributed by atoms with Crippen LogP contribution < -0.4 is 4.74 Å². The Morgan fingerprint density at radius 3 is 2.73 bits per heavy atom. The number of Topliss-reactive ketones (excluding diaryl/α,β-unsaturated/α-hetero) is 1. The Bertz CT molecular complexity index is 1060. The van der Waals surface area contributed by atoms with Gasteiger partial charge in [0.1, 0.15) is 17.6 Å². The lowest BCUT2D eigenvalue weighted by molar-refractivity contribution is -0.140. The number of rotatable bonds is 8. The molecule has 2 aromatic rings. The molecule has 7 heteroatoms. The van der Waals surface area contributed by atoms with Gasteiger partial charge in [0.25, 0.3) is 11.7 Å². The molecule has 2 aliphatic rings. The standard InChI is InChI=1S/C26H31N3O4/c1-4-28(5-2)12-7-13-29-23(19-8-6-11-27-16-19)22(25(31)26(29)32)24(30)18-9-10-21-20(15-18)14-17(3)33-21/h6,8-11,15-17,23,30H,4-5,7,12-14H2,1-3H3/b24-22+/t17-,23-/m1/s1. The minimum atomic E-state index is -0.668. The van der Waals surface area contributed by atoms with Crippen LogP contribution in [0, 0.1) is 0 Å². The van der Waals surface area contributed by atoms with Gasteiger partial charge in [-0.2, -0.15) is 0 Å². The number of likely N-dealkylation sites (tertiary alicyclic amines) is 1. The van der Waals surface area contributed by atoms with E-state index in [9.17, 15) is 14.7 Å². The molecule has 0 bridgehead atoms. The monoisotopic (exact) mass is 449 g/mol. The molecule has 33 heavy (non-hydrogen) atoms. The molecule has 0 radical (unpaired) electrons. The lowest BCUT2D eigenvalue weighted by atomic mass is 9.95. The maximum atomic E-state index is 13.1. The first-order valence-electron chi connectivity index (χ1n) is 11.6. The Balaban J connectivity index is 1.71. The SMILES string of the molecule is CCN(CC)CCCN1C(=O)C(=O)/C(=C(/O)c2ccc3c(c2)C[C@@H](C)O3)[C@H]1c1cccnc1. The van der Waals surface area contributed by atoms with Crippen molar-refractivity contribution < 1.29 is 19.4 Å². The van der Waals surface area contributed by atoms with Crippen molar-refractivity contribution in [2.45, 2.75) is 45.8 Å². The first-order valence-corrected chi connectivity index (χ1v) is 11.6. The van der Waals surface area contributed by atoms with Gasteiger partial charge in [0.2, 0.25) is 0 Å². The number of nitrogens with zero attached hydrogens (tertiary/aromatic N) is 3. The molecule has 7 nitrogen and oxygen atoms in total. The van der Waals surface area contributed by atoms with Crippen LogP contribution in [-0.2, 0) is 16.0 Å². The van der Waals surface area contributed by atoms with Crippen molar-refractivity contribution in [3.63, 3.8) is 0 Å². The van der Waals surface area contributed by atoms with Gasteiger partial charge >= 0.3 is 0 Å². The van der Waals surface area contributed by atoms with Crippen LogP contribution in [0.4, 0.5) is 0 Å². The molecular formula is C26H31N3O4. The summed E-state index contributed by atoms with van der Waals surface area (Å²) in [7, 11) is 0. The van der Waals surface area contributed by atoms with E-state index in [1.165, 1.54) is 0 Å². The molecule has 1 amide bonds. The number of ether oxygens (including phenoxy) is 1. The number of aliphatic hydroxyl groups is 1. The zero-order valence-corrected chi connectivity index (χ0v) is 19.5. The van der Waals surface area contributed by atoms with Gasteiger partial charge < -0.3 is 19.6 Å². The fourth-order valence-electron chi connectivity index (χ4n) is 4.72. The molecule has 1 N–H and O–H groups in total. The zero-order chi connectivity index (χ0) is 23.5. The van der Waals surface area contributed by atoms with Crippen LogP contribution in [0.25, 0.3) is 5.76 Å². The fourth-order valence-corrected chi connectivity index (χ4v) is 4.72. The van der Waals surface area contributed by atoms with Gasteiger partial charge in [0, 0.05) is 30.9 Å². The summed E-state index contributed by atoms with van der Waals surface area (Å²) in [4.78, 5) is 34.3. The second-order valence-electron chi connectivity index (χ2n) is 8.61. The van der Waals surface area contributed by atoms with E-state index < -0.39 is 17.7 Å². The van der Waals surface area contributed by atoms with Gasteiger partial charge in [0.05, 0.1) is 11.6 Å². The summed E-state index contributed by atoms with van der Waals surface area (Å²) >= 11 is 0. The number of carbonyl (C=O) groups excluding carboxylic acids is 2. The number of carbonyl (C=O) groups is 2. The highest BCUT2D eigenvalue weighted by Crippen LogP contribution is 2.40. The Labute approximate surface area is 194 Å². The van der Waals surface area contributed by atoms with Gasteiger partial charge in [-0.1, -0.05) is 19.9 Å². The van der Waals surface area contributed by atoms with Crippen LogP contribution in [0.5, 0.6) is 5.75 Å². The molecule has 0 unspecified atom stereocenters. The lowest BCUT2D eigenvalue weighted by Gasteiger charge is -2.26. The average molecular weight is 450 g/mol. The topological polar surface area (TPSA) is 83.0 Å². The molecule has 0 aliphatic carbocycles. The van der Waals surface area contributed by atoms with Crippen molar-refractivity contribution in [1.29, 1.82) is 0 Å². The maximum Gasteiger partial charge on any atom is 0.295 e. The minimum Gasteiger partial charge on any atom is -0.507 e. The number of aliphatic hydroxyl groups excluding tert-OH is 1. The molecule has 3 heterocycles. The van der Waals surface area contributed by atoms with Crippen LogP contribution in [0.3, 0.4) is 0 Å². The van der Waals surface area contributed by atoms with Gasteiger partial charge in [-0.3, -0.25) is 14.6 Å². The third kappa shape index (κ3) is 4.50. The molecule has 174 valence electrons. The number of ketones is 1. The van der Waals surface area contributed by atoms with E-state index in [0.717, 1.165) is 43.8 Å². The minimum absolute atomic E-state index is 0.0733. The summed E-state index contributed by atoms with van der Waals surface area (Å²) in [6.07, 6.45) is 4.85. The van der Waals surface area contributed by atoms with Gasteiger partial charge in [0.15, 0.2) is 0 Å². The van der Waals surface area contributed by atoms with Crippen molar-refractivity contribution in [1.82, 2.24) is 14.8 Å². The number of amides is 1. The van der Waals surface area contributed by atoms with Crippen LogP contribution >= 0.6 is 0 Å². The number of hydrogen-bond donors (Lipinski definition) is 1. The largest absolute Gasteiger partial charge is 0.507 e. The van der Waals surface area contributed by atoms with E-state index in [-0.39, 0.29) is 17.4 Å². The third-order valence-electron chi connectivity index (χ3n) is 6.48. The predicted molar refractivity (Wildman–Crippen MR) is 126 cm³/mol. The smallest absolute Gasteiger partial charge is 0.295 e. The van der Waals surface area contributed by atoms with Crippen molar-refractivity contribution >= 4 is 17.4 Å². The van der Waals surface area contributed by atoms with Crippen LogP contribution in [0.15, 0.2) is 48.3 Å². The summed E-state index contributed by atoms with van der Waals surface area (Å²) in [5.41, 5.74) is 2.32. The molecular weight excluding hydrogens is 418 g/mol. The Hall–Kier alpha value is -3.19. The second-order valence-corrected chi connectivity index (χ2v) is 8.61. The highest BCUT2D eigenvalue weighted by atomic mass is 16.5. The number of hydrogen-bond acceptors (Lipinski definition) is 6. The van der Waals surface area contributed by atoms with Crippen LogP contribution in [0.2, 0.25) is 0 Å². The zero-order valence-electron chi connectivity index (χ0n) is 19.5. The molecule has 0 spiro atoms. The summed E-state index contributed by atoms with van der Waals surface area (Å²) < 4.78 is 5.76. The lowest BCUT2D eigenvalue weighted by Crippen LogP contribution is -2.33. The maximum absolute atomic E-state index is 13.1. The van der Waals surface area contributed by atoms with E-state index in [1.807, 2.05) is 25.1 Å². The molecule has 1 saturated heterocycles. The summed E-state index contributed by atoms with van der Waals surface area (Å²) in [6.45, 7) is 9.32. The van der Waals surface area contributed by atoms with E-state index >= 15 is 0 Å². The normalized spacial score (nSPS) is 21.5. The van der Waals surface area contributed by atoms with Crippen molar-refractivity contribution in [2.24, 2.45) is 0 Å². The predicted octanol–water partition coefficient (Wildman–Crippen LogP) is 3.56. The fraction of sp³-hybridized carbons (Fsp3) is 0.423. The van der Waals surface area contributed by atoms with Crippen molar-refractivity contribution in [3.8, 4) is 5.75 Å². The molecule has 1 aromatic heterocycles. The van der Waals surface area contributed by atoms with E-state index in [2.05, 4.69) is 23.7 Å². The highest BCUT2D eigenvalue weighted by molar-refractivity contribution is 6.46. The molecule has 0 saturated carbocycles. The van der Waals surface area contributed by atoms with E-state index in [4.69, 9.17) is 4.74 Å². The van der Waals surface area contributed by atoms with Gasteiger partial charge in [-0.15, -0.1) is 0 Å². The van der Waals surface area contributed by atoms with Gasteiger partial charge in [-0.05, 0) is 68.4 Å². The second kappa shape index (κ2) is 9.75. The number of fused-ring (bicyclic) bond motifs is 1. The first kappa shape index (κ1) is 23.0. The molecule has 1 fully saturated rings. The Morgan fingerprint density at radius 2 is 2.03 bits per heavy atom. The quantitative estimate of drug-likeness (QED) is 0.377. The van der Waals surface area contributed by atoms with Crippen molar-refractivity contribution in [2.75, 3.05) is 26.2 Å². The number of benzene rings is 1. The summed E-state index contributed by atoms with van der Waals surface area (Å²) in [5, 5.41) is 11.3. The van der Waals surface area contributed by atoms with Crippen LogP contribution in [0.1, 0.15) is 49.9 Å².